The van der Waals surface area contributed by atoms with Crippen molar-refractivity contribution < 1.29 is 31.1 Å². The van der Waals surface area contributed by atoms with Crippen molar-refractivity contribution in [2.45, 2.75) is 38.5 Å². The van der Waals surface area contributed by atoms with Gasteiger partial charge in [0.2, 0.25) is 0 Å². The van der Waals surface area contributed by atoms with E-state index in [0.29, 0.717) is 36.4 Å². The maximum Gasteiger partial charge on any atom is 0.416 e. The lowest BCUT2D eigenvalue weighted by Crippen LogP contribution is -2.15. The maximum atomic E-state index is 13.0. The lowest BCUT2D eigenvalue weighted by molar-refractivity contribution is -0.143. The molecule has 3 rings (SSSR count). The van der Waals surface area contributed by atoms with Gasteiger partial charge in [0.1, 0.15) is 0 Å². The minimum atomic E-state index is -4.94. The molecule has 1 aromatic heterocycles. The van der Waals surface area contributed by atoms with E-state index in [2.05, 4.69) is 5.10 Å². The lowest BCUT2D eigenvalue weighted by atomic mass is 9.94. The number of hydrogen-bond acceptors (Lipinski definition) is 2. The number of fused-ring (bicyclic) bond motifs is 1. The van der Waals surface area contributed by atoms with Gasteiger partial charge in [-0.25, -0.2) is 4.68 Å². The molecule has 0 atom stereocenters. The fourth-order valence-corrected chi connectivity index (χ4v) is 2.98. The van der Waals surface area contributed by atoms with Gasteiger partial charge < -0.3 is 0 Å². The Balaban J connectivity index is 2.25. The summed E-state index contributed by atoms with van der Waals surface area (Å²) in [7, 11) is 0. The zero-order valence-corrected chi connectivity index (χ0v) is 12.9. The van der Waals surface area contributed by atoms with Crippen molar-refractivity contribution in [3.8, 4) is 5.69 Å². The minimum Gasteiger partial charge on any atom is -0.294 e. The van der Waals surface area contributed by atoms with Crippen molar-refractivity contribution in [2.24, 2.45) is 0 Å². The summed E-state index contributed by atoms with van der Waals surface area (Å²) < 4.78 is 79.1. The molecule has 0 bridgehead atoms. The first-order valence-corrected chi connectivity index (χ1v) is 7.40. The molecule has 0 saturated carbocycles. The fraction of sp³-hybridized carbons (Fsp3) is 0.375. The summed E-state index contributed by atoms with van der Waals surface area (Å²) in [5.41, 5.74) is -2.26. The summed E-state index contributed by atoms with van der Waals surface area (Å²) in [5, 5.41) is 4.02. The van der Waals surface area contributed by atoms with Gasteiger partial charge in [-0.15, -0.1) is 0 Å². The molecule has 25 heavy (non-hydrogen) atoms. The summed E-state index contributed by atoms with van der Waals surface area (Å²) >= 11 is 0. The van der Waals surface area contributed by atoms with E-state index in [9.17, 15) is 31.1 Å². The first-order valence-electron chi connectivity index (χ1n) is 7.40. The molecule has 0 N–H and O–H groups in total. The molecule has 3 nitrogen and oxygen atoms in total. The molecular formula is C16H12F6N2O. The van der Waals surface area contributed by atoms with Crippen molar-refractivity contribution in [2.75, 3.05) is 0 Å². The second kappa shape index (κ2) is 5.60. The quantitative estimate of drug-likeness (QED) is 0.687. The van der Waals surface area contributed by atoms with Crippen LogP contribution in [0.15, 0.2) is 18.2 Å². The number of ketones is 1. The molecule has 134 valence electrons. The predicted octanol–water partition coefficient (Wildman–Crippen LogP) is 4.74. The third-order valence-corrected chi connectivity index (χ3v) is 4.07. The zero-order valence-electron chi connectivity index (χ0n) is 12.9. The highest BCUT2D eigenvalue weighted by Crippen LogP contribution is 2.38. The van der Waals surface area contributed by atoms with Gasteiger partial charge in [-0.05, 0) is 38.0 Å². The number of Topliss-reactive ketones (excluding diaryl/α,β-unsaturated/α-hetero) is 1. The lowest BCUT2D eigenvalue weighted by Gasteiger charge is -2.17. The van der Waals surface area contributed by atoms with Crippen molar-refractivity contribution >= 4 is 5.78 Å². The van der Waals surface area contributed by atoms with Crippen LogP contribution in [-0.2, 0) is 18.8 Å². The Hall–Kier alpha value is -2.32. The molecule has 1 aliphatic rings. The average molecular weight is 362 g/mol. The summed E-state index contributed by atoms with van der Waals surface area (Å²) in [4.78, 5) is 12.0. The number of rotatable bonds is 1. The third kappa shape index (κ3) is 3.14. The molecule has 1 aliphatic carbocycles. The number of carbonyl (C=O) groups is 1. The second-order valence-electron chi connectivity index (χ2n) is 5.86. The molecule has 0 amide bonds. The molecule has 0 radical (unpaired) electrons. The number of benzene rings is 1. The smallest absolute Gasteiger partial charge is 0.294 e. The van der Waals surface area contributed by atoms with Crippen molar-refractivity contribution in [1.82, 2.24) is 9.78 Å². The Morgan fingerprint density at radius 2 is 1.52 bits per heavy atom. The van der Waals surface area contributed by atoms with Crippen LogP contribution in [-0.4, -0.2) is 15.6 Å². The van der Waals surface area contributed by atoms with Crippen LogP contribution in [0.25, 0.3) is 5.69 Å². The topological polar surface area (TPSA) is 34.9 Å². The summed E-state index contributed by atoms with van der Waals surface area (Å²) in [6.07, 6.45) is -8.75. The van der Waals surface area contributed by atoms with Gasteiger partial charge in [0, 0.05) is 6.42 Å². The first kappa shape index (κ1) is 17.5. The third-order valence-electron chi connectivity index (χ3n) is 4.07. The van der Waals surface area contributed by atoms with Crippen LogP contribution in [0.3, 0.4) is 0 Å². The molecule has 2 aromatic rings. The van der Waals surface area contributed by atoms with Crippen LogP contribution in [0, 0.1) is 6.92 Å². The van der Waals surface area contributed by atoms with E-state index in [1.807, 2.05) is 0 Å². The Labute approximate surface area is 138 Å². The molecule has 0 fully saturated rings. The summed E-state index contributed by atoms with van der Waals surface area (Å²) in [5.74, 6) is -0.201. The van der Waals surface area contributed by atoms with Crippen LogP contribution in [0.4, 0.5) is 26.3 Å². The molecule has 9 heteroatoms. The van der Waals surface area contributed by atoms with Crippen LogP contribution >= 0.6 is 0 Å². The number of nitrogens with zero attached hydrogens (tertiary/aromatic N) is 2. The minimum absolute atomic E-state index is 0.0669. The zero-order chi connectivity index (χ0) is 18.6. The Morgan fingerprint density at radius 3 is 2.04 bits per heavy atom. The standard InChI is InChI=1S/C16H12F6N2O/c1-8-14-12(3-2-4-13(14)25)24(23-8)11-6-9(15(17,18)19)5-10(7-11)16(20,21)22/h5-7H,2-4H2,1H3. The monoisotopic (exact) mass is 362 g/mol. The number of hydrogen-bond donors (Lipinski definition) is 0. The van der Waals surface area contributed by atoms with Gasteiger partial charge >= 0.3 is 12.4 Å². The van der Waals surface area contributed by atoms with Gasteiger partial charge in [0.05, 0.1) is 33.8 Å². The van der Waals surface area contributed by atoms with Gasteiger partial charge in [0.15, 0.2) is 5.78 Å². The van der Waals surface area contributed by atoms with E-state index in [4.69, 9.17) is 0 Å². The highest BCUT2D eigenvalue weighted by molar-refractivity contribution is 5.99. The number of halogens is 6. The first-order chi connectivity index (χ1) is 11.5. The Morgan fingerprint density at radius 1 is 0.960 bits per heavy atom. The molecule has 0 saturated heterocycles. The second-order valence-corrected chi connectivity index (χ2v) is 5.86. The Bertz CT molecular complexity index is 815. The van der Waals surface area contributed by atoms with Gasteiger partial charge in [0.25, 0.3) is 0 Å². The summed E-state index contributed by atoms with van der Waals surface area (Å²) in [6.45, 7) is 1.51. The van der Waals surface area contributed by atoms with Crippen molar-refractivity contribution in [1.29, 1.82) is 0 Å². The molecule has 0 spiro atoms. The highest BCUT2D eigenvalue weighted by atomic mass is 19.4. The number of aryl methyl sites for hydroxylation is 1. The van der Waals surface area contributed by atoms with Crippen LogP contribution < -0.4 is 0 Å². The predicted molar refractivity (Wildman–Crippen MR) is 75.6 cm³/mol. The average Bonchev–Trinajstić information content (AvgIpc) is 2.83. The van der Waals surface area contributed by atoms with Gasteiger partial charge in [-0.2, -0.15) is 31.4 Å². The SMILES string of the molecule is Cc1nn(-c2cc(C(F)(F)F)cc(C(F)(F)F)c2)c2c1C(=O)CCC2. The number of carbonyl (C=O) groups excluding carboxylic acids is 1. The van der Waals surface area contributed by atoms with Crippen LogP contribution in [0.1, 0.15) is 45.7 Å². The van der Waals surface area contributed by atoms with E-state index >= 15 is 0 Å². The molecule has 1 heterocycles. The molecule has 0 unspecified atom stereocenters. The molecule has 0 aliphatic heterocycles. The van der Waals surface area contributed by atoms with Crippen LogP contribution in [0.5, 0.6) is 0 Å². The van der Waals surface area contributed by atoms with E-state index in [1.54, 1.807) is 0 Å². The van der Waals surface area contributed by atoms with E-state index < -0.39 is 23.5 Å². The van der Waals surface area contributed by atoms with E-state index in [-0.39, 0.29) is 29.5 Å². The maximum absolute atomic E-state index is 13.0. The molecule has 1 aromatic carbocycles. The van der Waals surface area contributed by atoms with Crippen molar-refractivity contribution in [3.63, 3.8) is 0 Å². The van der Waals surface area contributed by atoms with Gasteiger partial charge in [-0.3, -0.25) is 4.79 Å². The Kier molecular flexibility index (Phi) is 3.92. The van der Waals surface area contributed by atoms with Crippen LogP contribution in [0.2, 0.25) is 0 Å². The molecular weight excluding hydrogens is 350 g/mol. The highest BCUT2D eigenvalue weighted by Gasteiger charge is 2.37. The normalized spacial score (nSPS) is 15.4. The fourth-order valence-electron chi connectivity index (χ4n) is 2.98. The largest absolute Gasteiger partial charge is 0.416 e. The van der Waals surface area contributed by atoms with Crippen molar-refractivity contribution in [3.05, 3.63) is 46.3 Å². The number of alkyl halides is 6. The number of aromatic nitrogens is 2. The van der Waals surface area contributed by atoms with E-state index in [1.165, 1.54) is 6.92 Å². The summed E-state index contributed by atoms with van der Waals surface area (Å²) in [6, 6.07) is 1.29. The van der Waals surface area contributed by atoms with E-state index in [0.717, 1.165) is 4.68 Å². The van der Waals surface area contributed by atoms with Gasteiger partial charge in [-0.1, -0.05) is 0 Å².